The fourth-order valence-electron chi connectivity index (χ4n) is 3.29. The quantitative estimate of drug-likeness (QED) is 0.473. The summed E-state index contributed by atoms with van der Waals surface area (Å²) in [5.74, 6) is -0.0186. The molecule has 0 atom stereocenters. The average Bonchev–Trinajstić information content (AvgIpc) is 2.66. The lowest BCUT2D eigenvalue weighted by atomic mass is 10.2. The molecule has 1 amide bonds. The third-order valence-corrected chi connectivity index (χ3v) is 4.85. The van der Waals surface area contributed by atoms with Gasteiger partial charge >= 0.3 is 0 Å². The number of hydrazone groups is 1. The fraction of sp³-hybridized carbons (Fsp3) is 0.333. The molecule has 136 valence electrons. The van der Waals surface area contributed by atoms with Crippen LogP contribution < -0.4 is 15.2 Å². The molecule has 3 N–H and O–H groups in total. The van der Waals surface area contributed by atoms with E-state index in [-0.39, 0.29) is 5.91 Å². The van der Waals surface area contributed by atoms with Crippen LogP contribution in [-0.2, 0) is 11.3 Å². The van der Waals surface area contributed by atoms with Crippen molar-refractivity contribution in [2.75, 3.05) is 32.7 Å². The number of benzene rings is 2. The first kappa shape index (κ1) is 18.3. The maximum absolute atomic E-state index is 12.1. The molecular formula is C21H28N4O+2. The van der Waals surface area contributed by atoms with Gasteiger partial charge in [0.25, 0.3) is 5.91 Å². The van der Waals surface area contributed by atoms with Gasteiger partial charge in [-0.05, 0) is 12.5 Å². The van der Waals surface area contributed by atoms with Crippen LogP contribution in [0.25, 0.3) is 0 Å². The number of quaternary nitrogens is 2. The maximum atomic E-state index is 12.1. The van der Waals surface area contributed by atoms with Crippen molar-refractivity contribution in [1.29, 1.82) is 0 Å². The number of nitrogens with zero attached hydrogens (tertiary/aromatic N) is 1. The van der Waals surface area contributed by atoms with Crippen LogP contribution in [0.1, 0.15) is 16.7 Å². The molecule has 5 nitrogen and oxygen atoms in total. The van der Waals surface area contributed by atoms with Crippen molar-refractivity contribution in [2.45, 2.75) is 13.5 Å². The van der Waals surface area contributed by atoms with Crippen molar-refractivity contribution in [3.8, 4) is 0 Å². The van der Waals surface area contributed by atoms with Crippen molar-refractivity contribution in [3.63, 3.8) is 0 Å². The number of nitrogens with one attached hydrogen (secondary N) is 3. The van der Waals surface area contributed by atoms with Crippen LogP contribution in [0.3, 0.4) is 0 Å². The predicted molar refractivity (Wildman–Crippen MR) is 103 cm³/mol. The first-order chi connectivity index (χ1) is 12.7. The van der Waals surface area contributed by atoms with E-state index < -0.39 is 0 Å². The molecule has 0 aromatic heterocycles. The Hall–Kier alpha value is -2.50. The molecular weight excluding hydrogens is 324 g/mol. The summed E-state index contributed by atoms with van der Waals surface area (Å²) in [5.41, 5.74) is 6.23. The van der Waals surface area contributed by atoms with Gasteiger partial charge in [0.15, 0.2) is 6.54 Å². The summed E-state index contributed by atoms with van der Waals surface area (Å²) in [5, 5.41) is 4.06. The van der Waals surface area contributed by atoms with E-state index in [4.69, 9.17) is 0 Å². The highest BCUT2D eigenvalue weighted by Gasteiger charge is 2.24. The molecule has 5 heteroatoms. The Morgan fingerprint density at radius 2 is 1.65 bits per heavy atom. The molecule has 26 heavy (non-hydrogen) atoms. The lowest BCUT2D eigenvalue weighted by molar-refractivity contribution is -1.02. The van der Waals surface area contributed by atoms with Gasteiger partial charge < -0.3 is 9.80 Å². The van der Waals surface area contributed by atoms with Crippen LogP contribution in [0.15, 0.2) is 59.7 Å². The summed E-state index contributed by atoms with van der Waals surface area (Å²) in [6.07, 6.45) is 1.69. The van der Waals surface area contributed by atoms with E-state index in [9.17, 15) is 4.79 Å². The van der Waals surface area contributed by atoms with E-state index >= 15 is 0 Å². The van der Waals surface area contributed by atoms with Crippen molar-refractivity contribution >= 4 is 12.1 Å². The standard InChI is InChI=1S/C21H26N4O/c1-18-7-9-19(10-8-18)15-22-23-21(26)17-25-13-11-24(12-14-25)16-20-5-3-2-4-6-20/h2-10,15H,11-14,16-17H2,1H3,(H,23,26)/p+2. The van der Waals surface area contributed by atoms with Crippen LogP contribution in [0.2, 0.25) is 0 Å². The van der Waals surface area contributed by atoms with Crippen LogP contribution in [0, 0.1) is 6.92 Å². The van der Waals surface area contributed by atoms with E-state index in [0.29, 0.717) is 6.54 Å². The largest absolute Gasteiger partial charge is 0.322 e. The minimum atomic E-state index is -0.0186. The lowest BCUT2D eigenvalue weighted by Gasteiger charge is -2.29. The molecule has 1 aliphatic heterocycles. The third kappa shape index (κ3) is 5.79. The zero-order chi connectivity index (χ0) is 18.2. The number of aryl methyl sites for hydroxylation is 1. The summed E-state index contributed by atoms with van der Waals surface area (Å²) in [6.45, 7) is 7.86. The monoisotopic (exact) mass is 352 g/mol. The second-order valence-electron chi connectivity index (χ2n) is 7.04. The second kappa shape index (κ2) is 9.27. The third-order valence-electron chi connectivity index (χ3n) is 4.85. The number of carbonyl (C=O) groups is 1. The lowest BCUT2D eigenvalue weighted by Crippen LogP contribution is -3.28. The number of piperazine rings is 1. The summed E-state index contributed by atoms with van der Waals surface area (Å²) < 4.78 is 0. The molecule has 0 unspecified atom stereocenters. The van der Waals surface area contributed by atoms with Gasteiger partial charge in [0.2, 0.25) is 0 Å². The summed E-state index contributed by atoms with van der Waals surface area (Å²) in [6, 6.07) is 18.7. The van der Waals surface area contributed by atoms with Gasteiger partial charge in [0.1, 0.15) is 32.7 Å². The van der Waals surface area contributed by atoms with Gasteiger partial charge in [-0.2, -0.15) is 5.10 Å². The molecule has 3 rings (SSSR count). The first-order valence-electron chi connectivity index (χ1n) is 9.29. The molecule has 2 aromatic rings. The summed E-state index contributed by atoms with van der Waals surface area (Å²) >= 11 is 0. The van der Waals surface area contributed by atoms with Gasteiger partial charge in [-0.1, -0.05) is 60.2 Å². The van der Waals surface area contributed by atoms with Crippen LogP contribution in [0.4, 0.5) is 0 Å². The Bertz CT molecular complexity index is 719. The maximum Gasteiger partial charge on any atom is 0.295 e. The Morgan fingerprint density at radius 3 is 2.35 bits per heavy atom. The van der Waals surface area contributed by atoms with Crippen LogP contribution in [-0.4, -0.2) is 44.8 Å². The predicted octanol–water partition coefficient (Wildman–Crippen LogP) is -0.571. The highest BCUT2D eigenvalue weighted by Crippen LogP contribution is 1.99. The number of carbonyl (C=O) groups excluding carboxylic acids is 1. The minimum Gasteiger partial charge on any atom is -0.322 e. The fourth-order valence-corrected chi connectivity index (χ4v) is 3.29. The van der Waals surface area contributed by atoms with E-state index in [2.05, 4.69) is 40.9 Å². The zero-order valence-corrected chi connectivity index (χ0v) is 15.4. The van der Waals surface area contributed by atoms with Crippen molar-refractivity contribution < 1.29 is 14.6 Å². The Morgan fingerprint density at radius 1 is 1.00 bits per heavy atom. The van der Waals surface area contributed by atoms with Gasteiger partial charge in [0, 0.05) is 5.56 Å². The molecule has 0 saturated carbocycles. The van der Waals surface area contributed by atoms with E-state index in [1.165, 1.54) is 16.0 Å². The smallest absolute Gasteiger partial charge is 0.295 e. The van der Waals surface area contributed by atoms with E-state index in [1.54, 1.807) is 11.1 Å². The second-order valence-corrected chi connectivity index (χ2v) is 7.04. The number of hydrogen-bond acceptors (Lipinski definition) is 2. The van der Waals surface area contributed by atoms with Crippen LogP contribution in [0.5, 0.6) is 0 Å². The van der Waals surface area contributed by atoms with Crippen molar-refractivity contribution in [1.82, 2.24) is 5.43 Å². The Balaban J connectivity index is 1.37. The minimum absolute atomic E-state index is 0.0186. The van der Waals surface area contributed by atoms with Gasteiger partial charge in [-0.25, -0.2) is 5.43 Å². The molecule has 0 radical (unpaired) electrons. The number of hydrogen-bond donors (Lipinski definition) is 3. The summed E-state index contributed by atoms with van der Waals surface area (Å²) in [7, 11) is 0. The van der Waals surface area contributed by atoms with Crippen molar-refractivity contribution in [3.05, 3.63) is 71.3 Å². The molecule has 0 spiro atoms. The topological polar surface area (TPSA) is 50.3 Å². The first-order valence-corrected chi connectivity index (χ1v) is 9.29. The molecule has 2 aromatic carbocycles. The normalized spacial score (nSPS) is 20.2. The molecule has 1 aliphatic rings. The highest BCUT2D eigenvalue weighted by molar-refractivity contribution is 5.82. The van der Waals surface area contributed by atoms with E-state index in [0.717, 1.165) is 38.3 Å². The molecule has 0 aliphatic carbocycles. The average molecular weight is 352 g/mol. The molecule has 1 heterocycles. The molecule has 1 saturated heterocycles. The van der Waals surface area contributed by atoms with Crippen molar-refractivity contribution in [2.24, 2.45) is 5.10 Å². The number of amides is 1. The number of rotatable bonds is 6. The summed E-state index contributed by atoms with van der Waals surface area (Å²) in [4.78, 5) is 15.0. The van der Waals surface area contributed by atoms with Crippen LogP contribution >= 0.6 is 0 Å². The Kier molecular flexibility index (Phi) is 6.52. The van der Waals surface area contributed by atoms with Gasteiger partial charge in [0.05, 0.1) is 6.21 Å². The molecule has 0 bridgehead atoms. The van der Waals surface area contributed by atoms with Gasteiger partial charge in [-0.15, -0.1) is 0 Å². The molecule has 1 fully saturated rings. The SMILES string of the molecule is Cc1ccc(C=NNC(=O)C[NH+]2CC[NH+](Cc3ccccc3)CC2)cc1. The zero-order valence-electron chi connectivity index (χ0n) is 15.4. The van der Waals surface area contributed by atoms with E-state index in [1.807, 2.05) is 31.2 Å². The van der Waals surface area contributed by atoms with Gasteiger partial charge in [-0.3, -0.25) is 4.79 Å². The highest BCUT2D eigenvalue weighted by atomic mass is 16.2. The Labute approximate surface area is 155 Å².